The van der Waals surface area contributed by atoms with Gasteiger partial charge in [-0.15, -0.1) is 0 Å². The van der Waals surface area contributed by atoms with Gasteiger partial charge in [0.25, 0.3) is 0 Å². The Kier molecular flexibility index (Phi) is 3.01. The highest BCUT2D eigenvalue weighted by atomic mass is 16.5. The topological polar surface area (TPSA) is 21.3 Å². The van der Waals surface area contributed by atoms with Crippen LogP contribution in [0.2, 0.25) is 0 Å². The third-order valence-electron chi connectivity index (χ3n) is 2.79. The SMILES string of the molecule is C1CNCCC(COC2CC2)C1. The van der Waals surface area contributed by atoms with Gasteiger partial charge in [0.15, 0.2) is 0 Å². The molecule has 0 spiro atoms. The summed E-state index contributed by atoms with van der Waals surface area (Å²) in [7, 11) is 0. The molecule has 1 aliphatic heterocycles. The monoisotopic (exact) mass is 169 g/mol. The van der Waals surface area contributed by atoms with E-state index in [1.807, 2.05) is 0 Å². The smallest absolute Gasteiger partial charge is 0.0577 e. The fourth-order valence-corrected chi connectivity index (χ4v) is 1.76. The van der Waals surface area contributed by atoms with Crippen LogP contribution in [0, 0.1) is 5.92 Å². The molecule has 0 radical (unpaired) electrons. The molecule has 12 heavy (non-hydrogen) atoms. The predicted octanol–water partition coefficient (Wildman–Crippen LogP) is 1.56. The normalized spacial score (nSPS) is 31.5. The molecule has 2 fully saturated rings. The molecular formula is C10H19NO. The van der Waals surface area contributed by atoms with E-state index in [0.717, 1.165) is 12.5 Å². The van der Waals surface area contributed by atoms with Gasteiger partial charge in [0.1, 0.15) is 0 Å². The zero-order valence-corrected chi connectivity index (χ0v) is 7.72. The maximum absolute atomic E-state index is 5.72. The lowest BCUT2D eigenvalue weighted by Crippen LogP contribution is -2.15. The summed E-state index contributed by atoms with van der Waals surface area (Å²) in [5.41, 5.74) is 0. The van der Waals surface area contributed by atoms with E-state index in [2.05, 4.69) is 5.32 Å². The molecule has 70 valence electrons. The van der Waals surface area contributed by atoms with Crippen molar-refractivity contribution in [2.45, 2.75) is 38.2 Å². The molecule has 1 saturated carbocycles. The molecule has 0 aromatic carbocycles. The molecule has 2 rings (SSSR count). The van der Waals surface area contributed by atoms with Crippen molar-refractivity contribution in [2.75, 3.05) is 19.7 Å². The zero-order valence-electron chi connectivity index (χ0n) is 7.72. The van der Waals surface area contributed by atoms with Crippen molar-refractivity contribution in [2.24, 2.45) is 5.92 Å². The van der Waals surface area contributed by atoms with Gasteiger partial charge in [0, 0.05) is 6.61 Å². The van der Waals surface area contributed by atoms with Gasteiger partial charge in [0.05, 0.1) is 6.10 Å². The van der Waals surface area contributed by atoms with Gasteiger partial charge in [0.2, 0.25) is 0 Å². The molecule has 1 heterocycles. The molecular weight excluding hydrogens is 150 g/mol. The van der Waals surface area contributed by atoms with E-state index in [0.29, 0.717) is 6.10 Å². The largest absolute Gasteiger partial charge is 0.378 e. The van der Waals surface area contributed by atoms with Gasteiger partial charge < -0.3 is 10.1 Å². The Hall–Kier alpha value is -0.0800. The van der Waals surface area contributed by atoms with E-state index in [-0.39, 0.29) is 0 Å². The Morgan fingerprint density at radius 3 is 2.83 bits per heavy atom. The lowest BCUT2D eigenvalue weighted by molar-refractivity contribution is 0.0821. The van der Waals surface area contributed by atoms with Crippen molar-refractivity contribution in [1.82, 2.24) is 5.32 Å². The van der Waals surface area contributed by atoms with E-state index in [9.17, 15) is 0 Å². The number of ether oxygens (including phenoxy) is 1. The highest BCUT2D eigenvalue weighted by Gasteiger charge is 2.23. The number of rotatable bonds is 3. The average molecular weight is 169 g/mol. The van der Waals surface area contributed by atoms with Gasteiger partial charge in [-0.25, -0.2) is 0 Å². The van der Waals surface area contributed by atoms with Crippen LogP contribution in [0.25, 0.3) is 0 Å². The molecule has 0 aromatic heterocycles. The lowest BCUT2D eigenvalue weighted by Gasteiger charge is -2.12. The molecule has 1 atom stereocenters. The van der Waals surface area contributed by atoms with Gasteiger partial charge in [-0.1, -0.05) is 0 Å². The van der Waals surface area contributed by atoms with Crippen LogP contribution in [0.4, 0.5) is 0 Å². The van der Waals surface area contributed by atoms with E-state index < -0.39 is 0 Å². The second-order valence-corrected chi connectivity index (χ2v) is 4.08. The van der Waals surface area contributed by atoms with Crippen LogP contribution in [0.5, 0.6) is 0 Å². The molecule has 0 aromatic rings. The first-order valence-electron chi connectivity index (χ1n) is 5.27. The average Bonchev–Trinajstić information content (AvgIpc) is 2.90. The fourth-order valence-electron chi connectivity index (χ4n) is 1.76. The molecule has 1 unspecified atom stereocenters. The summed E-state index contributed by atoms with van der Waals surface area (Å²) < 4.78 is 5.72. The summed E-state index contributed by atoms with van der Waals surface area (Å²) in [6, 6.07) is 0. The minimum Gasteiger partial charge on any atom is -0.378 e. The predicted molar refractivity (Wildman–Crippen MR) is 49.2 cm³/mol. The first-order valence-corrected chi connectivity index (χ1v) is 5.27. The lowest BCUT2D eigenvalue weighted by atomic mass is 10.0. The van der Waals surface area contributed by atoms with Crippen molar-refractivity contribution in [1.29, 1.82) is 0 Å². The molecule has 0 amide bonds. The fraction of sp³-hybridized carbons (Fsp3) is 1.00. The molecule has 0 bridgehead atoms. The van der Waals surface area contributed by atoms with Crippen molar-refractivity contribution in [3.63, 3.8) is 0 Å². The first kappa shape index (κ1) is 8.52. The highest BCUT2D eigenvalue weighted by Crippen LogP contribution is 2.25. The summed E-state index contributed by atoms with van der Waals surface area (Å²) in [5.74, 6) is 0.834. The van der Waals surface area contributed by atoms with Crippen LogP contribution < -0.4 is 5.32 Å². The van der Waals surface area contributed by atoms with Crippen LogP contribution in [0.3, 0.4) is 0 Å². The van der Waals surface area contributed by atoms with Crippen LogP contribution >= 0.6 is 0 Å². The Morgan fingerprint density at radius 2 is 2.00 bits per heavy atom. The summed E-state index contributed by atoms with van der Waals surface area (Å²) in [5, 5.41) is 3.42. The number of nitrogens with one attached hydrogen (secondary N) is 1. The third-order valence-corrected chi connectivity index (χ3v) is 2.79. The standard InChI is InChI=1S/C10H19NO/c1-2-9(5-7-11-6-1)8-12-10-3-4-10/h9-11H,1-8H2. The van der Waals surface area contributed by atoms with Crippen molar-refractivity contribution >= 4 is 0 Å². The van der Waals surface area contributed by atoms with Crippen LogP contribution in [0.15, 0.2) is 0 Å². The van der Waals surface area contributed by atoms with Gasteiger partial charge >= 0.3 is 0 Å². The Bertz CT molecular complexity index is 126. The highest BCUT2D eigenvalue weighted by molar-refractivity contribution is 4.74. The van der Waals surface area contributed by atoms with Crippen LogP contribution in [-0.2, 0) is 4.74 Å². The van der Waals surface area contributed by atoms with Crippen molar-refractivity contribution < 1.29 is 4.74 Å². The van der Waals surface area contributed by atoms with Gasteiger partial charge in [-0.2, -0.15) is 0 Å². The molecule has 1 N–H and O–H groups in total. The Balaban J connectivity index is 1.62. The maximum atomic E-state index is 5.72. The maximum Gasteiger partial charge on any atom is 0.0577 e. The minimum absolute atomic E-state index is 0.640. The van der Waals surface area contributed by atoms with E-state index >= 15 is 0 Å². The summed E-state index contributed by atoms with van der Waals surface area (Å²) >= 11 is 0. The first-order chi connectivity index (χ1) is 5.95. The van der Waals surface area contributed by atoms with E-state index in [1.165, 1.54) is 45.2 Å². The molecule has 2 heteroatoms. The molecule has 2 nitrogen and oxygen atoms in total. The number of hydrogen-bond acceptors (Lipinski definition) is 2. The minimum atomic E-state index is 0.640. The number of hydrogen-bond donors (Lipinski definition) is 1. The quantitative estimate of drug-likeness (QED) is 0.692. The summed E-state index contributed by atoms with van der Waals surface area (Å²) in [6.07, 6.45) is 7.27. The van der Waals surface area contributed by atoms with Crippen LogP contribution in [0.1, 0.15) is 32.1 Å². The zero-order chi connectivity index (χ0) is 8.23. The Morgan fingerprint density at radius 1 is 1.08 bits per heavy atom. The molecule has 1 saturated heterocycles. The third kappa shape index (κ3) is 2.76. The second kappa shape index (κ2) is 4.24. The van der Waals surface area contributed by atoms with Gasteiger partial charge in [-0.3, -0.25) is 0 Å². The Labute approximate surface area is 74.7 Å². The van der Waals surface area contributed by atoms with Crippen molar-refractivity contribution in [3.8, 4) is 0 Å². The summed E-state index contributed by atoms with van der Waals surface area (Å²) in [4.78, 5) is 0. The van der Waals surface area contributed by atoms with Crippen molar-refractivity contribution in [3.05, 3.63) is 0 Å². The summed E-state index contributed by atoms with van der Waals surface area (Å²) in [6.45, 7) is 3.42. The van der Waals surface area contributed by atoms with Crippen LogP contribution in [-0.4, -0.2) is 25.8 Å². The van der Waals surface area contributed by atoms with Gasteiger partial charge in [-0.05, 0) is 51.1 Å². The van der Waals surface area contributed by atoms with E-state index in [4.69, 9.17) is 4.74 Å². The molecule has 1 aliphatic carbocycles. The van der Waals surface area contributed by atoms with E-state index in [1.54, 1.807) is 0 Å². The molecule has 2 aliphatic rings. The second-order valence-electron chi connectivity index (χ2n) is 4.08.